The first kappa shape index (κ1) is 9.42. The van der Waals surface area contributed by atoms with Crippen LogP contribution in [0.15, 0.2) is 35.2 Å². The second-order valence-electron chi connectivity index (χ2n) is 3.32. The molecule has 0 saturated heterocycles. The van der Waals surface area contributed by atoms with E-state index in [1.54, 1.807) is 18.2 Å². The Morgan fingerprint density at radius 2 is 2.31 bits per heavy atom. The molecule has 0 fully saturated rings. The Balaban J connectivity index is 2.39. The monoisotopic (exact) mass is 236 g/mol. The molecule has 1 N–H and O–H groups in total. The van der Waals surface area contributed by atoms with Crippen molar-refractivity contribution in [1.82, 2.24) is 9.97 Å². The van der Waals surface area contributed by atoms with Gasteiger partial charge >= 0.3 is 0 Å². The molecule has 16 heavy (non-hydrogen) atoms. The van der Waals surface area contributed by atoms with E-state index >= 15 is 0 Å². The normalized spacial score (nSPS) is 11.1. The number of imidazole rings is 1. The molecule has 0 atom stereocenters. The fourth-order valence-electron chi connectivity index (χ4n) is 1.66. The molecular formula is C11H6ClFN2O. The fraction of sp³-hybridized carbons (Fsp3) is 0. The van der Waals surface area contributed by atoms with Crippen LogP contribution in [0.5, 0.6) is 0 Å². The van der Waals surface area contributed by atoms with Gasteiger partial charge in [0.05, 0.1) is 28.7 Å². The van der Waals surface area contributed by atoms with Crippen molar-refractivity contribution >= 4 is 22.6 Å². The molecule has 0 spiro atoms. The van der Waals surface area contributed by atoms with Crippen molar-refractivity contribution in [3.63, 3.8) is 0 Å². The lowest BCUT2D eigenvalue weighted by Gasteiger charge is -2.03. The first-order chi connectivity index (χ1) is 7.77. The second kappa shape index (κ2) is 3.35. The number of fused-ring (bicyclic) bond motifs is 1. The quantitative estimate of drug-likeness (QED) is 0.701. The van der Waals surface area contributed by atoms with Crippen LogP contribution >= 0.6 is 11.6 Å². The maximum atomic E-state index is 14.1. The zero-order valence-electron chi connectivity index (χ0n) is 8.00. The van der Waals surface area contributed by atoms with E-state index in [9.17, 15) is 4.39 Å². The van der Waals surface area contributed by atoms with Gasteiger partial charge < -0.3 is 9.40 Å². The van der Waals surface area contributed by atoms with Crippen LogP contribution < -0.4 is 0 Å². The standard InChI is InChI=1S/C11H6ClFN2O/c12-6-4-7-11(15-5-14-7)10(13)9(6)8-2-1-3-16-8/h1-5H,(H,14,15). The van der Waals surface area contributed by atoms with Gasteiger partial charge in [-0.05, 0) is 18.2 Å². The van der Waals surface area contributed by atoms with Gasteiger partial charge in [0.2, 0.25) is 0 Å². The summed E-state index contributed by atoms with van der Waals surface area (Å²) in [4.78, 5) is 6.71. The summed E-state index contributed by atoms with van der Waals surface area (Å²) in [5.74, 6) is -0.0777. The van der Waals surface area contributed by atoms with Crippen LogP contribution in [0.1, 0.15) is 0 Å². The number of hydrogen-bond acceptors (Lipinski definition) is 2. The average Bonchev–Trinajstić information content (AvgIpc) is 2.87. The van der Waals surface area contributed by atoms with Crippen LogP contribution in [0.3, 0.4) is 0 Å². The molecule has 3 aromatic rings. The molecule has 0 aliphatic heterocycles. The number of nitrogens with zero attached hydrogens (tertiary/aromatic N) is 1. The zero-order valence-corrected chi connectivity index (χ0v) is 8.75. The summed E-state index contributed by atoms with van der Waals surface area (Å²) in [6, 6.07) is 4.97. The maximum absolute atomic E-state index is 14.1. The van der Waals surface area contributed by atoms with E-state index in [1.165, 1.54) is 12.6 Å². The third kappa shape index (κ3) is 1.23. The van der Waals surface area contributed by atoms with Crippen LogP contribution in [-0.2, 0) is 0 Å². The van der Waals surface area contributed by atoms with Crippen LogP contribution in [0.2, 0.25) is 5.02 Å². The SMILES string of the molecule is Fc1c(-c2ccco2)c(Cl)cc2[nH]cnc12. The van der Waals surface area contributed by atoms with Crippen molar-refractivity contribution in [2.75, 3.05) is 0 Å². The molecule has 0 bridgehead atoms. The molecule has 0 saturated carbocycles. The smallest absolute Gasteiger partial charge is 0.163 e. The Morgan fingerprint density at radius 1 is 1.44 bits per heavy atom. The summed E-state index contributed by atoms with van der Waals surface area (Å²) in [7, 11) is 0. The molecule has 5 heteroatoms. The lowest BCUT2D eigenvalue weighted by Crippen LogP contribution is -1.87. The van der Waals surface area contributed by atoms with Crippen LogP contribution in [0.25, 0.3) is 22.4 Å². The van der Waals surface area contributed by atoms with Crippen LogP contribution in [0, 0.1) is 5.82 Å². The summed E-state index contributed by atoms with van der Waals surface area (Å²) in [6.07, 6.45) is 2.90. The molecule has 0 amide bonds. The van der Waals surface area contributed by atoms with Gasteiger partial charge in [-0.15, -0.1) is 0 Å². The molecule has 1 aromatic carbocycles. The number of halogens is 2. The average molecular weight is 237 g/mol. The van der Waals surface area contributed by atoms with Crippen molar-refractivity contribution in [2.45, 2.75) is 0 Å². The Kier molecular flexibility index (Phi) is 1.97. The molecule has 3 rings (SSSR count). The highest BCUT2D eigenvalue weighted by Gasteiger charge is 2.17. The molecule has 0 unspecified atom stereocenters. The zero-order chi connectivity index (χ0) is 11.1. The number of nitrogens with one attached hydrogen (secondary N) is 1. The van der Waals surface area contributed by atoms with E-state index in [4.69, 9.17) is 16.0 Å². The van der Waals surface area contributed by atoms with E-state index in [2.05, 4.69) is 9.97 Å². The lowest BCUT2D eigenvalue weighted by atomic mass is 10.1. The van der Waals surface area contributed by atoms with Gasteiger partial charge in [0, 0.05) is 0 Å². The molecule has 3 nitrogen and oxygen atoms in total. The van der Waals surface area contributed by atoms with Gasteiger partial charge in [-0.1, -0.05) is 11.6 Å². The van der Waals surface area contributed by atoms with E-state index in [-0.39, 0.29) is 11.1 Å². The third-order valence-corrected chi connectivity index (χ3v) is 2.67. The minimum atomic E-state index is -0.473. The van der Waals surface area contributed by atoms with Crippen molar-refractivity contribution in [3.05, 3.63) is 41.6 Å². The maximum Gasteiger partial charge on any atom is 0.163 e. The minimum Gasteiger partial charge on any atom is -0.464 e. The van der Waals surface area contributed by atoms with Crippen molar-refractivity contribution < 1.29 is 8.81 Å². The van der Waals surface area contributed by atoms with Crippen molar-refractivity contribution in [2.24, 2.45) is 0 Å². The number of furan rings is 1. The molecular weight excluding hydrogens is 231 g/mol. The highest BCUT2D eigenvalue weighted by Crippen LogP contribution is 2.34. The second-order valence-corrected chi connectivity index (χ2v) is 3.73. The van der Waals surface area contributed by atoms with Gasteiger partial charge in [0.1, 0.15) is 11.3 Å². The molecule has 0 aliphatic rings. The number of rotatable bonds is 1. The van der Waals surface area contributed by atoms with Crippen molar-refractivity contribution in [1.29, 1.82) is 0 Å². The summed E-state index contributed by atoms with van der Waals surface area (Å²) >= 11 is 6.01. The summed E-state index contributed by atoms with van der Waals surface area (Å²) in [5, 5.41) is 0.296. The van der Waals surface area contributed by atoms with E-state index < -0.39 is 5.82 Å². The van der Waals surface area contributed by atoms with Crippen LogP contribution in [-0.4, -0.2) is 9.97 Å². The van der Waals surface area contributed by atoms with Gasteiger partial charge in [0.25, 0.3) is 0 Å². The number of hydrogen-bond donors (Lipinski definition) is 1. The third-order valence-electron chi connectivity index (χ3n) is 2.37. The predicted molar refractivity (Wildman–Crippen MR) is 58.8 cm³/mol. The summed E-state index contributed by atoms with van der Waals surface area (Å²) in [5.41, 5.74) is 1.07. The van der Waals surface area contributed by atoms with E-state index in [0.717, 1.165) is 0 Å². The Labute approximate surface area is 94.9 Å². The highest BCUT2D eigenvalue weighted by atomic mass is 35.5. The summed E-state index contributed by atoms with van der Waals surface area (Å²) < 4.78 is 19.2. The first-order valence-corrected chi connectivity index (χ1v) is 5.00. The van der Waals surface area contributed by atoms with Gasteiger partial charge in [-0.3, -0.25) is 0 Å². The molecule has 2 aromatic heterocycles. The number of benzene rings is 1. The predicted octanol–water partition coefficient (Wildman–Crippen LogP) is 3.62. The first-order valence-electron chi connectivity index (χ1n) is 4.62. The van der Waals surface area contributed by atoms with E-state index in [1.807, 2.05) is 0 Å². The largest absolute Gasteiger partial charge is 0.464 e. The Bertz CT molecular complexity index is 645. The van der Waals surface area contributed by atoms with Crippen molar-refractivity contribution in [3.8, 4) is 11.3 Å². The molecule has 80 valence electrons. The lowest BCUT2D eigenvalue weighted by molar-refractivity contribution is 0.571. The Hall–Kier alpha value is -1.81. The van der Waals surface area contributed by atoms with Gasteiger partial charge in [-0.2, -0.15) is 0 Å². The van der Waals surface area contributed by atoms with Gasteiger partial charge in [0.15, 0.2) is 5.82 Å². The topological polar surface area (TPSA) is 41.8 Å². The van der Waals surface area contributed by atoms with E-state index in [0.29, 0.717) is 16.3 Å². The molecule has 0 aliphatic carbocycles. The number of aromatic amines is 1. The number of H-pyrrole nitrogens is 1. The Morgan fingerprint density at radius 3 is 3.06 bits per heavy atom. The molecule has 2 heterocycles. The fourth-order valence-corrected chi connectivity index (χ4v) is 1.94. The molecule has 0 radical (unpaired) electrons. The summed E-state index contributed by atoms with van der Waals surface area (Å²) in [6.45, 7) is 0. The minimum absolute atomic E-state index is 0.242. The number of aromatic nitrogens is 2. The van der Waals surface area contributed by atoms with Crippen LogP contribution in [0.4, 0.5) is 4.39 Å². The van der Waals surface area contributed by atoms with Gasteiger partial charge in [-0.25, -0.2) is 9.37 Å². The highest BCUT2D eigenvalue weighted by molar-refractivity contribution is 6.34.